The van der Waals surface area contributed by atoms with Gasteiger partial charge in [0.15, 0.2) is 5.78 Å². The van der Waals surface area contributed by atoms with Crippen LogP contribution in [-0.4, -0.2) is 36.9 Å². The summed E-state index contributed by atoms with van der Waals surface area (Å²) >= 11 is 0. The van der Waals surface area contributed by atoms with Crippen molar-refractivity contribution in [2.24, 2.45) is 17.3 Å². The third-order valence-corrected chi connectivity index (χ3v) is 6.40. The predicted molar refractivity (Wildman–Crippen MR) is 93.3 cm³/mol. The first-order valence-electron chi connectivity index (χ1n) is 8.89. The van der Waals surface area contributed by atoms with Gasteiger partial charge in [-0.25, -0.2) is 4.39 Å². The number of piperazine rings is 1. The van der Waals surface area contributed by atoms with Gasteiger partial charge in [-0.3, -0.25) is 4.79 Å². The average Bonchev–Trinajstić information content (AvgIpc) is 2.92. The summed E-state index contributed by atoms with van der Waals surface area (Å²) in [5, 5.41) is 0. The number of halogens is 1. The van der Waals surface area contributed by atoms with E-state index in [0.29, 0.717) is 23.0 Å². The lowest BCUT2D eigenvalue weighted by Gasteiger charge is -2.38. The van der Waals surface area contributed by atoms with E-state index >= 15 is 0 Å². The number of carbonyl (C=O) groups is 1. The highest BCUT2D eigenvalue weighted by Crippen LogP contribution is 2.68. The lowest BCUT2D eigenvalue weighted by atomic mass is 9.95. The van der Waals surface area contributed by atoms with E-state index < -0.39 is 0 Å². The number of allylic oxidation sites excluding steroid dienone is 2. The molecule has 1 heterocycles. The van der Waals surface area contributed by atoms with Gasteiger partial charge >= 0.3 is 0 Å². The maximum atomic E-state index is 13.1. The zero-order valence-electron chi connectivity index (χ0n) is 14.7. The number of nitrogens with zero attached hydrogens (tertiary/aromatic N) is 2. The van der Waals surface area contributed by atoms with Crippen LogP contribution in [0.5, 0.6) is 0 Å². The topological polar surface area (TPSA) is 23.6 Å². The fourth-order valence-electron chi connectivity index (χ4n) is 4.73. The smallest absolute Gasteiger partial charge is 0.161 e. The van der Waals surface area contributed by atoms with Crippen LogP contribution in [0.3, 0.4) is 0 Å². The fraction of sp³-hybridized carbons (Fsp3) is 0.550. The number of anilines is 1. The maximum Gasteiger partial charge on any atom is 0.161 e. The van der Waals surface area contributed by atoms with Gasteiger partial charge in [0, 0.05) is 49.6 Å². The molecule has 1 aliphatic heterocycles. The largest absolute Gasteiger partial charge is 0.371 e. The van der Waals surface area contributed by atoms with Crippen molar-refractivity contribution in [3.05, 3.63) is 41.4 Å². The van der Waals surface area contributed by atoms with Gasteiger partial charge < -0.3 is 9.80 Å². The Bertz CT molecular complexity index is 699. The number of rotatable bonds is 2. The molecule has 2 saturated carbocycles. The van der Waals surface area contributed by atoms with E-state index in [0.717, 1.165) is 43.9 Å². The van der Waals surface area contributed by atoms with Crippen molar-refractivity contribution >= 4 is 11.5 Å². The molecule has 128 valence electrons. The number of benzene rings is 1. The fourth-order valence-corrected chi connectivity index (χ4v) is 4.73. The third-order valence-electron chi connectivity index (χ3n) is 6.40. The van der Waals surface area contributed by atoms with Gasteiger partial charge in [0.25, 0.3) is 0 Å². The Morgan fingerprint density at radius 3 is 2.33 bits per heavy atom. The van der Waals surface area contributed by atoms with E-state index in [1.54, 1.807) is 0 Å². The highest BCUT2D eigenvalue weighted by atomic mass is 19.1. The van der Waals surface area contributed by atoms with Crippen LogP contribution in [0.1, 0.15) is 27.2 Å². The van der Waals surface area contributed by atoms with Gasteiger partial charge in [-0.05, 0) is 48.4 Å². The molecule has 24 heavy (non-hydrogen) atoms. The standard InChI is InChI=1S/C20H25FN2O/c1-13(18-17(24)12-16-19(18)20(16,2)3)22-8-10-23(11-9-22)15-6-4-14(21)5-7-15/h4-7,16,19H,8-12H2,1-3H3/t16-,19-/m1/s1. The zero-order valence-corrected chi connectivity index (χ0v) is 14.7. The Morgan fingerprint density at radius 1 is 1.12 bits per heavy atom. The van der Waals surface area contributed by atoms with Crippen molar-refractivity contribution in [2.75, 3.05) is 31.1 Å². The monoisotopic (exact) mass is 328 g/mol. The van der Waals surface area contributed by atoms with Crippen LogP contribution in [-0.2, 0) is 4.79 Å². The van der Waals surface area contributed by atoms with Crippen LogP contribution in [0.25, 0.3) is 0 Å². The molecule has 0 N–H and O–H groups in total. The van der Waals surface area contributed by atoms with Gasteiger partial charge in [0.1, 0.15) is 5.82 Å². The number of hydrogen-bond acceptors (Lipinski definition) is 3. The van der Waals surface area contributed by atoms with Crippen molar-refractivity contribution in [3.63, 3.8) is 0 Å². The van der Waals surface area contributed by atoms with E-state index in [4.69, 9.17) is 0 Å². The Labute approximate surface area is 143 Å². The summed E-state index contributed by atoms with van der Waals surface area (Å²) in [6.07, 6.45) is 0.736. The quantitative estimate of drug-likeness (QED) is 0.777. The molecule has 4 rings (SSSR count). The Kier molecular flexibility index (Phi) is 3.48. The molecule has 0 radical (unpaired) electrons. The van der Waals surface area contributed by atoms with Gasteiger partial charge in [-0.15, -0.1) is 0 Å². The number of hydrogen-bond donors (Lipinski definition) is 0. The van der Waals surface area contributed by atoms with Crippen LogP contribution < -0.4 is 4.90 Å². The van der Waals surface area contributed by atoms with Crippen LogP contribution in [0.15, 0.2) is 35.5 Å². The number of fused-ring (bicyclic) bond motifs is 1. The first-order valence-corrected chi connectivity index (χ1v) is 8.89. The summed E-state index contributed by atoms with van der Waals surface area (Å²) in [5.41, 5.74) is 3.67. The summed E-state index contributed by atoms with van der Waals surface area (Å²) in [4.78, 5) is 17.0. The number of ketones is 1. The van der Waals surface area contributed by atoms with Crippen LogP contribution in [0, 0.1) is 23.1 Å². The number of Topliss-reactive ketones (excluding diaryl/α,β-unsaturated/α-hetero) is 1. The lowest BCUT2D eigenvalue weighted by molar-refractivity contribution is -0.115. The molecule has 3 fully saturated rings. The van der Waals surface area contributed by atoms with Crippen molar-refractivity contribution in [1.82, 2.24) is 4.90 Å². The summed E-state index contributed by atoms with van der Waals surface area (Å²) in [6.45, 7) is 10.3. The predicted octanol–water partition coefficient (Wildman–Crippen LogP) is 3.47. The number of carbonyl (C=O) groups excluding carboxylic acids is 1. The maximum absolute atomic E-state index is 13.1. The average molecular weight is 328 g/mol. The summed E-state index contributed by atoms with van der Waals surface area (Å²) < 4.78 is 13.1. The molecule has 1 aromatic rings. The van der Waals surface area contributed by atoms with Crippen LogP contribution in [0.2, 0.25) is 0 Å². The molecule has 0 amide bonds. The van der Waals surface area contributed by atoms with Gasteiger partial charge in [0.05, 0.1) is 0 Å². The van der Waals surface area contributed by atoms with Gasteiger partial charge in [-0.2, -0.15) is 0 Å². The van der Waals surface area contributed by atoms with E-state index in [2.05, 4.69) is 30.6 Å². The minimum atomic E-state index is -0.195. The molecule has 4 heteroatoms. The van der Waals surface area contributed by atoms with Crippen molar-refractivity contribution in [2.45, 2.75) is 27.2 Å². The first kappa shape index (κ1) is 15.7. The molecule has 0 aromatic heterocycles. The first-order chi connectivity index (χ1) is 11.4. The minimum Gasteiger partial charge on any atom is -0.371 e. The molecule has 3 aliphatic rings. The summed E-state index contributed by atoms with van der Waals surface area (Å²) in [5.74, 6) is 1.21. The molecule has 0 bridgehead atoms. The summed E-state index contributed by atoms with van der Waals surface area (Å²) in [7, 11) is 0. The van der Waals surface area contributed by atoms with Crippen molar-refractivity contribution < 1.29 is 9.18 Å². The van der Waals surface area contributed by atoms with Crippen LogP contribution in [0.4, 0.5) is 10.1 Å². The molecule has 2 atom stereocenters. The second-order valence-electron chi connectivity index (χ2n) is 7.98. The van der Waals surface area contributed by atoms with E-state index in [1.165, 1.54) is 17.8 Å². The molecule has 0 spiro atoms. The Hall–Kier alpha value is -1.84. The molecular weight excluding hydrogens is 303 g/mol. The highest BCUT2D eigenvalue weighted by Gasteiger charge is 2.65. The molecule has 1 aromatic carbocycles. The van der Waals surface area contributed by atoms with Crippen molar-refractivity contribution in [1.29, 1.82) is 0 Å². The van der Waals surface area contributed by atoms with E-state index in [9.17, 15) is 9.18 Å². The Balaban J connectivity index is 1.47. The minimum absolute atomic E-state index is 0.195. The lowest BCUT2D eigenvalue weighted by Crippen LogP contribution is -2.46. The SMILES string of the molecule is CC(=C1C(=O)C[C@@H]2[C@H]1C2(C)C)N1CCN(c2ccc(F)cc2)CC1. The zero-order chi connectivity index (χ0) is 17.1. The van der Waals surface area contributed by atoms with Crippen LogP contribution >= 0.6 is 0 Å². The molecular formula is C20H25FN2O. The Morgan fingerprint density at radius 2 is 1.75 bits per heavy atom. The van der Waals surface area contributed by atoms with Crippen molar-refractivity contribution in [3.8, 4) is 0 Å². The van der Waals surface area contributed by atoms with E-state index in [1.807, 2.05) is 12.1 Å². The van der Waals surface area contributed by atoms with Gasteiger partial charge in [0.2, 0.25) is 0 Å². The molecule has 0 unspecified atom stereocenters. The summed E-state index contributed by atoms with van der Waals surface area (Å²) in [6, 6.07) is 6.71. The van der Waals surface area contributed by atoms with Gasteiger partial charge in [-0.1, -0.05) is 13.8 Å². The molecule has 3 nitrogen and oxygen atoms in total. The normalized spacial score (nSPS) is 30.4. The second-order valence-corrected chi connectivity index (χ2v) is 7.98. The third kappa shape index (κ3) is 2.35. The molecule has 1 saturated heterocycles. The highest BCUT2D eigenvalue weighted by molar-refractivity contribution is 6.01. The second kappa shape index (κ2) is 5.33. The van der Waals surface area contributed by atoms with E-state index in [-0.39, 0.29) is 5.82 Å². The molecule has 2 aliphatic carbocycles.